The van der Waals surface area contributed by atoms with Crippen molar-refractivity contribution >= 4 is 41.5 Å². The average molecular weight is 240 g/mol. The molecule has 4 nitrogen and oxygen atoms in total. The van der Waals surface area contributed by atoms with Crippen LogP contribution in [0.3, 0.4) is 0 Å². The van der Waals surface area contributed by atoms with Crippen LogP contribution in [0.5, 0.6) is 0 Å². The molecule has 0 aliphatic rings. The minimum atomic E-state index is -1.10. The molecule has 0 spiro atoms. The van der Waals surface area contributed by atoms with Crippen molar-refractivity contribution in [1.82, 2.24) is 0 Å². The average Bonchev–Trinajstić information content (AvgIpc) is 2.12. The monoisotopic (exact) mass is 240 g/mol. The van der Waals surface area contributed by atoms with Gasteiger partial charge < -0.3 is 9.84 Å². The van der Waals surface area contributed by atoms with Gasteiger partial charge in [-0.25, -0.2) is 0 Å². The van der Waals surface area contributed by atoms with Crippen molar-refractivity contribution in [2.75, 3.05) is 0 Å². The van der Waals surface area contributed by atoms with E-state index in [2.05, 4.69) is 0 Å². The third-order valence-corrected chi connectivity index (χ3v) is 2.18. The van der Waals surface area contributed by atoms with Crippen molar-refractivity contribution in [2.24, 2.45) is 11.8 Å². The van der Waals surface area contributed by atoms with Crippen molar-refractivity contribution in [3.8, 4) is 0 Å². The summed E-state index contributed by atoms with van der Waals surface area (Å²) < 4.78 is 5.00. The zero-order chi connectivity index (χ0) is 12.0. The molecule has 0 radical (unpaired) electrons. The molecule has 90 valence electrons. The summed E-state index contributed by atoms with van der Waals surface area (Å²) in [7, 11) is 0. The number of hydrogen-bond acceptors (Lipinski definition) is 3. The number of carbonyl (C=O) groups excluding carboxylic acids is 1. The Kier molecular flexibility index (Phi) is 10.3. The van der Waals surface area contributed by atoms with E-state index in [1.54, 1.807) is 6.92 Å². The molecule has 0 amide bonds. The number of carboxylic acid groups (broad SMARTS) is 1. The maximum absolute atomic E-state index is 11.5. The molecule has 0 aliphatic carbocycles. The van der Waals surface area contributed by atoms with Gasteiger partial charge in [0.1, 0.15) is 0 Å². The number of aliphatic carboxylic acids is 1. The van der Waals surface area contributed by atoms with Crippen molar-refractivity contribution in [2.45, 2.75) is 46.6 Å². The molecular weight excluding hydrogens is 219 g/mol. The summed E-state index contributed by atoms with van der Waals surface area (Å²) in [5.41, 5.74) is 0. The van der Waals surface area contributed by atoms with Gasteiger partial charge in [0.15, 0.2) is 5.92 Å². The van der Waals surface area contributed by atoms with E-state index in [1.165, 1.54) is 0 Å². The first-order valence-corrected chi connectivity index (χ1v) is 5.31. The van der Waals surface area contributed by atoms with Gasteiger partial charge in [0.05, 0.1) is 6.10 Å². The topological polar surface area (TPSA) is 63.6 Å². The van der Waals surface area contributed by atoms with Gasteiger partial charge in [0.2, 0.25) is 0 Å². The van der Waals surface area contributed by atoms with Crippen LogP contribution in [0.15, 0.2) is 0 Å². The molecule has 0 saturated heterocycles. The van der Waals surface area contributed by atoms with Gasteiger partial charge in [-0.15, -0.1) is 0 Å². The number of esters is 1. The van der Waals surface area contributed by atoms with Gasteiger partial charge in [-0.1, -0.05) is 20.8 Å². The molecule has 2 unspecified atom stereocenters. The Morgan fingerprint density at radius 2 is 1.75 bits per heavy atom. The van der Waals surface area contributed by atoms with Gasteiger partial charge in [0.25, 0.3) is 0 Å². The van der Waals surface area contributed by atoms with Crippen LogP contribution in [0.1, 0.15) is 40.5 Å². The molecule has 0 aliphatic heterocycles. The molecule has 0 heterocycles. The molecule has 16 heavy (non-hydrogen) atoms. The van der Waals surface area contributed by atoms with Crippen LogP contribution < -0.4 is 0 Å². The second kappa shape index (κ2) is 9.02. The second-order valence-electron chi connectivity index (χ2n) is 4.18. The van der Waals surface area contributed by atoms with Crippen LogP contribution in [0, 0.1) is 11.8 Å². The predicted molar refractivity (Wildman–Crippen MR) is 63.6 cm³/mol. The Labute approximate surface area is 119 Å². The van der Waals surface area contributed by atoms with E-state index in [0.29, 0.717) is 12.8 Å². The molecule has 0 aromatic rings. The van der Waals surface area contributed by atoms with Crippen LogP contribution in [0.25, 0.3) is 0 Å². The third kappa shape index (κ3) is 7.25. The van der Waals surface area contributed by atoms with E-state index < -0.39 is 17.9 Å². The van der Waals surface area contributed by atoms with E-state index in [9.17, 15) is 9.59 Å². The fourth-order valence-corrected chi connectivity index (χ4v) is 1.13. The minimum absolute atomic E-state index is 0. The molecule has 0 saturated carbocycles. The molecule has 0 rings (SSSR count). The Hall–Kier alpha value is -0.0600. The molecular formula is C11H21NaO4. The fraction of sp³-hybridized carbons (Fsp3) is 0.818. The van der Waals surface area contributed by atoms with Crippen molar-refractivity contribution in [3.63, 3.8) is 0 Å². The summed E-state index contributed by atoms with van der Waals surface area (Å²) in [6, 6.07) is 0. The molecule has 0 fully saturated rings. The summed E-state index contributed by atoms with van der Waals surface area (Å²) in [6.07, 6.45) is 0.802. The Bertz CT molecular complexity index is 228. The number of hydrogen-bond donors (Lipinski definition) is 1. The Morgan fingerprint density at radius 3 is 2.06 bits per heavy atom. The number of rotatable bonds is 6. The summed E-state index contributed by atoms with van der Waals surface area (Å²) in [5, 5.41) is 8.88. The molecule has 1 N–H and O–H groups in total. The SMILES string of the molecule is CCC(C)OC(=O)C(CC(C)C)C(=O)O.[NaH]. The summed E-state index contributed by atoms with van der Waals surface area (Å²) in [4.78, 5) is 22.3. The van der Waals surface area contributed by atoms with Crippen LogP contribution in [0.2, 0.25) is 0 Å². The quantitative estimate of drug-likeness (QED) is 0.433. The molecule has 0 aromatic carbocycles. The summed E-state index contributed by atoms with van der Waals surface area (Å²) >= 11 is 0. The van der Waals surface area contributed by atoms with Crippen molar-refractivity contribution in [3.05, 3.63) is 0 Å². The maximum atomic E-state index is 11.5. The molecule has 2 atom stereocenters. The van der Waals surface area contributed by atoms with E-state index in [4.69, 9.17) is 9.84 Å². The van der Waals surface area contributed by atoms with E-state index in [1.807, 2.05) is 20.8 Å². The van der Waals surface area contributed by atoms with Gasteiger partial charge >= 0.3 is 41.5 Å². The first-order valence-electron chi connectivity index (χ1n) is 5.31. The third-order valence-electron chi connectivity index (χ3n) is 2.18. The zero-order valence-corrected chi connectivity index (χ0v) is 9.82. The van der Waals surface area contributed by atoms with E-state index >= 15 is 0 Å². The van der Waals surface area contributed by atoms with Gasteiger partial charge in [0, 0.05) is 0 Å². The molecule has 5 heteroatoms. The standard InChI is InChI=1S/C11H20O4.Na.H/c1-5-8(4)15-11(14)9(10(12)13)6-7(2)3;;/h7-9H,5-6H2,1-4H3,(H,12,13);;. The molecule has 0 bridgehead atoms. The van der Waals surface area contributed by atoms with Crippen molar-refractivity contribution in [1.29, 1.82) is 0 Å². The van der Waals surface area contributed by atoms with Gasteiger partial charge in [-0.3, -0.25) is 9.59 Å². The van der Waals surface area contributed by atoms with Crippen molar-refractivity contribution < 1.29 is 19.4 Å². The summed E-state index contributed by atoms with van der Waals surface area (Å²) in [6.45, 7) is 7.40. The Morgan fingerprint density at radius 1 is 1.25 bits per heavy atom. The van der Waals surface area contributed by atoms with Crippen LogP contribution >= 0.6 is 0 Å². The van der Waals surface area contributed by atoms with Crippen LogP contribution in [-0.4, -0.2) is 52.7 Å². The van der Waals surface area contributed by atoms with E-state index in [0.717, 1.165) is 0 Å². The first kappa shape index (κ1) is 18.3. The summed E-state index contributed by atoms with van der Waals surface area (Å²) in [5.74, 6) is -2.59. The van der Waals surface area contributed by atoms with Crippen LogP contribution in [0.4, 0.5) is 0 Å². The Balaban J connectivity index is 0. The predicted octanol–water partition coefficient (Wildman–Crippen LogP) is 1.43. The normalized spacial score (nSPS) is 13.8. The number of carbonyl (C=O) groups is 2. The zero-order valence-electron chi connectivity index (χ0n) is 9.82. The van der Waals surface area contributed by atoms with E-state index in [-0.39, 0.29) is 41.6 Å². The van der Waals surface area contributed by atoms with Gasteiger partial charge in [-0.05, 0) is 25.7 Å². The number of ether oxygens (including phenoxy) is 1. The molecule has 0 aromatic heterocycles. The fourth-order valence-electron chi connectivity index (χ4n) is 1.13. The first-order chi connectivity index (χ1) is 6.88. The second-order valence-corrected chi connectivity index (χ2v) is 4.18. The van der Waals surface area contributed by atoms with Gasteiger partial charge in [-0.2, -0.15) is 0 Å². The van der Waals surface area contributed by atoms with Crippen LogP contribution in [-0.2, 0) is 14.3 Å². The number of carboxylic acids is 1.